The van der Waals surface area contributed by atoms with E-state index in [0.717, 1.165) is 16.9 Å². The molecule has 0 saturated heterocycles. The van der Waals surface area contributed by atoms with Crippen molar-refractivity contribution in [3.8, 4) is 11.4 Å². The number of rotatable bonds is 7. The van der Waals surface area contributed by atoms with E-state index in [0.29, 0.717) is 18.0 Å². The fraction of sp³-hybridized carbons (Fsp3) is 0.0417. The standard InChI is InChI=1S/C24H19ClN4O2/c25-23-22(16-27-29(24(23)30)20-9-5-2-6-10-20)28-26-15-18-11-13-21(14-12-18)31-17-19-7-3-1-4-8-19/h1-16,28H,17H2/b26-15+. The molecule has 0 fully saturated rings. The zero-order valence-corrected chi connectivity index (χ0v) is 17.2. The van der Waals surface area contributed by atoms with Crippen LogP contribution >= 0.6 is 11.6 Å². The summed E-state index contributed by atoms with van der Waals surface area (Å²) in [4.78, 5) is 12.5. The van der Waals surface area contributed by atoms with E-state index < -0.39 is 5.56 Å². The van der Waals surface area contributed by atoms with Crippen molar-refractivity contribution in [2.75, 3.05) is 5.43 Å². The zero-order valence-electron chi connectivity index (χ0n) is 16.5. The van der Waals surface area contributed by atoms with E-state index in [4.69, 9.17) is 16.3 Å². The van der Waals surface area contributed by atoms with E-state index in [1.165, 1.54) is 10.9 Å². The third-order valence-corrected chi connectivity index (χ3v) is 4.81. The fourth-order valence-corrected chi connectivity index (χ4v) is 3.00. The van der Waals surface area contributed by atoms with E-state index in [9.17, 15) is 4.79 Å². The van der Waals surface area contributed by atoms with Gasteiger partial charge in [0.1, 0.15) is 23.1 Å². The molecule has 1 N–H and O–H groups in total. The first kappa shape index (κ1) is 20.4. The molecule has 4 aromatic rings. The van der Waals surface area contributed by atoms with Crippen LogP contribution in [0.2, 0.25) is 5.02 Å². The van der Waals surface area contributed by atoms with Gasteiger partial charge in [0.15, 0.2) is 0 Å². The third-order valence-electron chi connectivity index (χ3n) is 4.45. The first-order valence-electron chi connectivity index (χ1n) is 9.60. The van der Waals surface area contributed by atoms with Crippen molar-refractivity contribution in [2.45, 2.75) is 6.61 Å². The van der Waals surface area contributed by atoms with Crippen molar-refractivity contribution in [1.29, 1.82) is 0 Å². The molecule has 0 radical (unpaired) electrons. The minimum atomic E-state index is -0.423. The summed E-state index contributed by atoms with van der Waals surface area (Å²) in [6.07, 6.45) is 3.09. The van der Waals surface area contributed by atoms with Gasteiger partial charge in [-0.25, -0.2) is 0 Å². The van der Waals surface area contributed by atoms with E-state index in [1.807, 2.05) is 72.8 Å². The molecule has 154 valence electrons. The van der Waals surface area contributed by atoms with E-state index in [2.05, 4.69) is 15.6 Å². The average molecular weight is 431 g/mol. The highest BCUT2D eigenvalue weighted by Gasteiger charge is 2.09. The molecular formula is C24H19ClN4O2. The Morgan fingerprint density at radius 2 is 1.65 bits per heavy atom. The Balaban J connectivity index is 1.38. The Morgan fingerprint density at radius 1 is 0.968 bits per heavy atom. The molecule has 31 heavy (non-hydrogen) atoms. The predicted octanol–water partition coefficient (Wildman–Crippen LogP) is 4.91. The highest BCUT2D eigenvalue weighted by atomic mass is 35.5. The maximum atomic E-state index is 12.5. The topological polar surface area (TPSA) is 68.5 Å². The Hall–Kier alpha value is -3.90. The molecule has 1 heterocycles. The molecule has 0 aliphatic rings. The van der Waals surface area contributed by atoms with Gasteiger partial charge in [-0.3, -0.25) is 10.2 Å². The maximum Gasteiger partial charge on any atom is 0.292 e. The van der Waals surface area contributed by atoms with Gasteiger partial charge < -0.3 is 4.74 Å². The van der Waals surface area contributed by atoms with Crippen LogP contribution in [0.1, 0.15) is 11.1 Å². The lowest BCUT2D eigenvalue weighted by molar-refractivity contribution is 0.306. The van der Waals surface area contributed by atoms with Gasteiger partial charge in [0.05, 0.1) is 18.1 Å². The Labute approximate surface area is 184 Å². The number of hydrogen-bond donors (Lipinski definition) is 1. The molecule has 0 aliphatic heterocycles. The summed E-state index contributed by atoms with van der Waals surface area (Å²) >= 11 is 6.21. The number of halogens is 1. The summed E-state index contributed by atoms with van der Waals surface area (Å²) in [5.74, 6) is 0.769. The largest absolute Gasteiger partial charge is 0.489 e. The molecule has 0 aliphatic carbocycles. The first-order valence-corrected chi connectivity index (χ1v) is 9.97. The molecule has 0 spiro atoms. The number of hydrazone groups is 1. The van der Waals surface area contributed by atoms with Gasteiger partial charge in [0, 0.05) is 0 Å². The van der Waals surface area contributed by atoms with Gasteiger partial charge in [0.25, 0.3) is 5.56 Å². The normalized spacial score (nSPS) is 10.9. The van der Waals surface area contributed by atoms with Crippen molar-refractivity contribution in [3.05, 3.63) is 118 Å². The monoisotopic (exact) mass is 430 g/mol. The number of benzene rings is 3. The average Bonchev–Trinajstić information content (AvgIpc) is 2.82. The third kappa shape index (κ3) is 5.18. The van der Waals surface area contributed by atoms with Crippen molar-refractivity contribution in [2.24, 2.45) is 5.10 Å². The van der Waals surface area contributed by atoms with Gasteiger partial charge >= 0.3 is 0 Å². The number of nitrogens with zero attached hydrogens (tertiary/aromatic N) is 3. The number of aromatic nitrogens is 2. The minimum absolute atomic E-state index is 0.0145. The summed E-state index contributed by atoms with van der Waals surface area (Å²) in [5, 5.41) is 8.32. The van der Waals surface area contributed by atoms with Crippen LogP contribution in [0.3, 0.4) is 0 Å². The van der Waals surface area contributed by atoms with Crippen LogP contribution in [-0.2, 0) is 6.61 Å². The van der Waals surface area contributed by atoms with Gasteiger partial charge in [-0.2, -0.15) is 14.9 Å². The summed E-state index contributed by atoms with van der Waals surface area (Å²) in [6.45, 7) is 0.510. The molecule has 0 amide bonds. The number of para-hydroxylation sites is 1. The molecule has 3 aromatic carbocycles. The number of anilines is 1. The molecule has 0 unspecified atom stereocenters. The lowest BCUT2D eigenvalue weighted by Crippen LogP contribution is -2.22. The van der Waals surface area contributed by atoms with Gasteiger partial charge in [-0.05, 0) is 47.5 Å². The van der Waals surface area contributed by atoms with Crippen LogP contribution in [0.5, 0.6) is 5.75 Å². The van der Waals surface area contributed by atoms with Crippen LogP contribution in [0, 0.1) is 0 Å². The lowest BCUT2D eigenvalue weighted by atomic mass is 10.2. The van der Waals surface area contributed by atoms with E-state index in [-0.39, 0.29) is 5.02 Å². The molecule has 1 aromatic heterocycles. The Bertz CT molecular complexity index is 1220. The van der Waals surface area contributed by atoms with Crippen molar-refractivity contribution >= 4 is 23.5 Å². The Morgan fingerprint density at radius 3 is 2.35 bits per heavy atom. The van der Waals surface area contributed by atoms with Crippen LogP contribution < -0.4 is 15.7 Å². The first-order chi connectivity index (χ1) is 15.2. The zero-order chi connectivity index (χ0) is 21.5. The molecule has 0 atom stereocenters. The highest BCUT2D eigenvalue weighted by molar-refractivity contribution is 6.32. The second kappa shape index (κ2) is 9.73. The van der Waals surface area contributed by atoms with Crippen LogP contribution in [0.4, 0.5) is 5.69 Å². The smallest absolute Gasteiger partial charge is 0.292 e. The molecule has 7 heteroatoms. The number of ether oxygens (including phenoxy) is 1. The van der Waals surface area contributed by atoms with E-state index >= 15 is 0 Å². The summed E-state index contributed by atoms with van der Waals surface area (Å²) in [6, 6.07) is 26.6. The van der Waals surface area contributed by atoms with Gasteiger partial charge in [0.2, 0.25) is 0 Å². The van der Waals surface area contributed by atoms with Crippen LogP contribution in [0.25, 0.3) is 5.69 Å². The molecule has 0 bridgehead atoms. The van der Waals surface area contributed by atoms with Crippen molar-refractivity contribution < 1.29 is 4.74 Å². The van der Waals surface area contributed by atoms with E-state index in [1.54, 1.807) is 18.3 Å². The SMILES string of the molecule is O=c1c(Cl)c(N/N=C/c2ccc(OCc3ccccc3)cc2)cnn1-c1ccccc1. The maximum absolute atomic E-state index is 12.5. The quantitative estimate of drug-likeness (QED) is 0.334. The predicted molar refractivity (Wildman–Crippen MR) is 123 cm³/mol. The number of nitrogens with one attached hydrogen (secondary N) is 1. The van der Waals surface area contributed by atoms with Crippen molar-refractivity contribution in [1.82, 2.24) is 9.78 Å². The van der Waals surface area contributed by atoms with Crippen LogP contribution in [0.15, 0.2) is 101 Å². The Kier molecular flexibility index (Phi) is 6.40. The summed E-state index contributed by atoms with van der Waals surface area (Å²) in [7, 11) is 0. The molecule has 6 nitrogen and oxygen atoms in total. The summed E-state index contributed by atoms with van der Waals surface area (Å²) < 4.78 is 7.02. The summed E-state index contributed by atoms with van der Waals surface area (Å²) in [5.41, 5.74) is 5.29. The number of hydrogen-bond acceptors (Lipinski definition) is 5. The van der Waals surface area contributed by atoms with Gasteiger partial charge in [-0.15, -0.1) is 0 Å². The second-order valence-corrected chi connectivity index (χ2v) is 7.02. The fourth-order valence-electron chi connectivity index (χ4n) is 2.83. The van der Waals surface area contributed by atoms with Crippen molar-refractivity contribution in [3.63, 3.8) is 0 Å². The van der Waals surface area contributed by atoms with Gasteiger partial charge in [-0.1, -0.05) is 60.1 Å². The molecule has 0 saturated carbocycles. The lowest BCUT2D eigenvalue weighted by Gasteiger charge is -2.08. The van der Waals surface area contributed by atoms with Crippen LogP contribution in [-0.4, -0.2) is 16.0 Å². The minimum Gasteiger partial charge on any atom is -0.489 e. The highest BCUT2D eigenvalue weighted by Crippen LogP contribution is 2.17. The molecular weight excluding hydrogens is 412 g/mol. The second-order valence-electron chi connectivity index (χ2n) is 6.64. The molecule has 4 rings (SSSR count).